The van der Waals surface area contributed by atoms with E-state index in [0.29, 0.717) is 0 Å². The van der Waals surface area contributed by atoms with Crippen molar-refractivity contribution in [1.29, 1.82) is 0 Å². The zero-order valence-corrected chi connectivity index (χ0v) is 5.29. The first-order valence-electron chi connectivity index (χ1n) is 3.18. The van der Waals surface area contributed by atoms with Gasteiger partial charge in [-0.25, -0.2) is 17.6 Å². The van der Waals surface area contributed by atoms with Gasteiger partial charge >= 0.3 is 0 Å². The molecule has 1 saturated carbocycles. The van der Waals surface area contributed by atoms with Crippen LogP contribution in [0.2, 0.25) is 0 Å². The van der Waals surface area contributed by atoms with E-state index < -0.39 is 31.1 Å². The van der Waals surface area contributed by atoms with E-state index in [4.69, 9.17) is 0 Å². The Kier molecular flexibility index (Phi) is 1.88. The van der Waals surface area contributed by atoms with Gasteiger partial charge in [0, 0.05) is 12.8 Å². The molecule has 2 atom stereocenters. The van der Waals surface area contributed by atoms with Crippen LogP contribution in [0, 0.1) is 0 Å². The molecule has 4 heteroatoms. The lowest BCUT2D eigenvalue weighted by Gasteiger charge is -2.27. The van der Waals surface area contributed by atoms with E-state index in [9.17, 15) is 17.6 Å². The van der Waals surface area contributed by atoms with E-state index >= 15 is 0 Å². The van der Waals surface area contributed by atoms with Gasteiger partial charge < -0.3 is 0 Å². The van der Waals surface area contributed by atoms with Crippen LogP contribution in [0.3, 0.4) is 0 Å². The molecule has 10 heavy (non-hydrogen) atoms. The van der Waals surface area contributed by atoms with Crippen LogP contribution in [0.25, 0.3) is 0 Å². The fourth-order valence-electron chi connectivity index (χ4n) is 1.02. The van der Waals surface area contributed by atoms with Crippen molar-refractivity contribution in [2.24, 2.45) is 0 Å². The summed E-state index contributed by atoms with van der Waals surface area (Å²) >= 11 is 0. The summed E-state index contributed by atoms with van der Waals surface area (Å²) in [6.45, 7) is 0. The van der Waals surface area contributed by atoms with Crippen LogP contribution >= 0.6 is 0 Å². The summed E-state index contributed by atoms with van der Waals surface area (Å²) in [4.78, 5) is 0. The minimum absolute atomic E-state index is 0.215. The highest BCUT2D eigenvalue weighted by Gasteiger charge is 2.45. The van der Waals surface area contributed by atoms with Gasteiger partial charge in [0.1, 0.15) is 6.17 Å². The van der Waals surface area contributed by atoms with Crippen molar-refractivity contribution in [1.82, 2.24) is 0 Å². The molecule has 1 fully saturated rings. The third-order valence-electron chi connectivity index (χ3n) is 1.71. The number of halogens is 4. The molecule has 0 aromatic heterocycles. The van der Waals surface area contributed by atoms with Crippen molar-refractivity contribution < 1.29 is 17.6 Å². The number of alkyl halides is 4. The standard InChI is InChI=1S/C6H8F4/c7-4-1-2-6(9,10)5(8)3-4/h4-5H,1-3H2. The van der Waals surface area contributed by atoms with Gasteiger partial charge in [-0.15, -0.1) is 0 Å². The second-order valence-corrected chi connectivity index (χ2v) is 2.60. The smallest absolute Gasteiger partial charge is 0.247 e. The van der Waals surface area contributed by atoms with Crippen molar-refractivity contribution in [2.45, 2.75) is 37.5 Å². The molecule has 0 aromatic rings. The second kappa shape index (κ2) is 2.40. The molecule has 0 nitrogen and oxygen atoms in total. The molecule has 0 heterocycles. The maximum Gasteiger partial charge on any atom is 0.278 e. The molecule has 0 amide bonds. The van der Waals surface area contributed by atoms with Gasteiger partial charge in [-0.3, -0.25) is 0 Å². The molecule has 0 N–H and O–H groups in total. The third-order valence-corrected chi connectivity index (χ3v) is 1.71. The first kappa shape index (κ1) is 7.82. The van der Waals surface area contributed by atoms with E-state index in [0.717, 1.165) is 0 Å². The summed E-state index contributed by atoms with van der Waals surface area (Å²) in [7, 11) is 0. The Morgan fingerprint density at radius 1 is 1.20 bits per heavy atom. The highest BCUT2D eigenvalue weighted by Crippen LogP contribution is 2.36. The molecule has 0 bridgehead atoms. The maximum absolute atomic E-state index is 12.2. The van der Waals surface area contributed by atoms with E-state index in [1.165, 1.54) is 0 Å². The van der Waals surface area contributed by atoms with E-state index in [1.807, 2.05) is 0 Å². The molecule has 1 rings (SSSR count). The van der Waals surface area contributed by atoms with Crippen LogP contribution in [0.4, 0.5) is 17.6 Å². The van der Waals surface area contributed by atoms with E-state index in [2.05, 4.69) is 0 Å². The van der Waals surface area contributed by atoms with Gasteiger partial charge in [0.15, 0.2) is 6.17 Å². The van der Waals surface area contributed by atoms with Gasteiger partial charge in [-0.1, -0.05) is 0 Å². The monoisotopic (exact) mass is 156 g/mol. The van der Waals surface area contributed by atoms with Crippen molar-refractivity contribution in [3.05, 3.63) is 0 Å². The molecule has 0 aromatic carbocycles. The van der Waals surface area contributed by atoms with Gasteiger partial charge in [0.05, 0.1) is 0 Å². The van der Waals surface area contributed by atoms with E-state index in [1.54, 1.807) is 0 Å². The van der Waals surface area contributed by atoms with Gasteiger partial charge in [-0.2, -0.15) is 0 Å². The Bertz CT molecular complexity index is 123. The van der Waals surface area contributed by atoms with E-state index in [-0.39, 0.29) is 6.42 Å². The Morgan fingerprint density at radius 2 is 1.80 bits per heavy atom. The summed E-state index contributed by atoms with van der Waals surface area (Å²) in [6, 6.07) is 0. The number of rotatable bonds is 0. The van der Waals surface area contributed by atoms with Gasteiger partial charge in [0.25, 0.3) is 5.92 Å². The van der Waals surface area contributed by atoms with Crippen molar-refractivity contribution in [3.63, 3.8) is 0 Å². The topological polar surface area (TPSA) is 0 Å². The van der Waals surface area contributed by atoms with Gasteiger partial charge in [-0.05, 0) is 6.42 Å². The molecule has 2 unspecified atom stereocenters. The molecule has 0 saturated heterocycles. The maximum atomic E-state index is 12.2. The van der Waals surface area contributed by atoms with Crippen molar-refractivity contribution in [2.75, 3.05) is 0 Å². The molecule has 60 valence electrons. The average Bonchev–Trinajstić information content (AvgIpc) is 1.81. The lowest BCUT2D eigenvalue weighted by molar-refractivity contribution is -0.111. The summed E-state index contributed by atoms with van der Waals surface area (Å²) in [5.74, 6) is -3.29. The van der Waals surface area contributed by atoms with Gasteiger partial charge in [0.2, 0.25) is 0 Å². The van der Waals surface area contributed by atoms with Crippen molar-refractivity contribution >= 4 is 0 Å². The molecule has 0 radical (unpaired) electrons. The quantitative estimate of drug-likeness (QED) is 0.472. The molecule has 1 aliphatic carbocycles. The minimum Gasteiger partial charge on any atom is -0.247 e. The Hall–Kier alpha value is -0.280. The van der Waals surface area contributed by atoms with Crippen LogP contribution in [-0.4, -0.2) is 18.3 Å². The molecule has 1 aliphatic rings. The predicted octanol–water partition coefficient (Wildman–Crippen LogP) is 2.48. The third kappa shape index (κ3) is 1.41. The van der Waals surface area contributed by atoms with Crippen LogP contribution in [0.1, 0.15) is 19.3 Å². The largest absolute Gasteiger partial charge is 0.278 e. The normalized spacial score (nSPS) is 39.6. The van der Waals surface area contributed by atoms with Crippen LogP contribution in [0.15, 0.2) is 0 Å². The summed E-state index contributed by atoms with van der Waals surface area (Å²) in [5, 5.41) is 0. The number of hydrogen-bond acceptors (Lipinski definition) is 0. The molecular weight excluding hydrogens is 148 g/mol. The van der Waals surface area contributed by atoms with Crippen molar-refractivity contribution in [3.8, 4) is 0 Å². The predicted molar refractivity (Wildman–Crippen MR) is 28.6 cm³/mol. The summed E-state index contributed by atoms with van der Waals surface area (Å²) in [6.07, 6.45) is -5.18. The lowest BCUT2D eigenvalue weighted by Crippen LogP contribution is -2.37. The molecule has 0 aliphatic heterocycles. The average molecular weight is 156 g/mol. The number of hydrogen-bond donors (Lipinski definition) is 0. The molecular formula is C6H8F4. The lowest BCUT2D eigenvalue weighted by atomic mass is 9.93. The zero-order chi connectivity index (χ0) is 7.78. The first-order chi connectivity index (χ1) is 4.52. The summed E-state index contributed by atoms with van der Waals surface area (Å²) in [5.41, 5.74) is 0. The zero-order valence-electron chi connectivity index (χ0n) is 5.29. The first-order valence-corrected chi connectivity index (χ1v) is 3.18. The summed E-state index contributed by atoms with van der Waals surface area (Å²) < 4.78 is 48.9. The van der Waals surface area contributed by atoms with Crippen LogP contribution in [0.5, 0.6) is 0 Å². The Morgan fingerprint density at radius 3 is 2.20 bits per heavy atom. The second-order valence-electron chi connectivity index (χ2n) is 2.60. The van der Waals surface area contributed by atoms with Crippen LogP contribution in [-0.2, 0) is 0 Å². The minimum atomic E-state index is -3.29. The highest BCUT2D eigenvalue weighted by molar-refractivity contribution is 4.85. The highest BCUT2D eigenvalue weighted by atomic mass is 19.3. The SMILES string of the molecule is FC1CCC(F)(F)C(F)C1. The fraction of sp³-hybridized carbons (Fsp3) is 1.00. The Balaban J connectivity index is 2.52. The fourth-order valence-corrected chi connectivity index (χ4v) is 1.02. The molecule has 0 spiro atoms. The Labute approximate surface area is 56.2 Å². The van der Waals surface area contributed by atoms with Crippen LogP contribution < -0.4 is 0 Å².